The van der Waals surface area contributed by atoms with Gasteiger partial charge in [0.1, 0.15) is 11.6 Å². The Kier molecular flexibility index (Phi) is 7.53. The van der Waals surface area contributed by atoms with E-state index in [-0.39, 0.29) is 0 Å². The van der Waals surface area contributed by atoms with Crippen molar-refractivity contribution in [3.8, 4) is 0 Å². The molecule has 0 spiro atoms. The largest absolute Gasteiger partial charge is 0.381 e. The highest BCUT2D eigenvalue weighted by atomic mass is 16.5. The van der Waals surface area contributed by atoms with Crippen LogP contribution in [0.3, 0.4) is 0 Å². The number of ether oxygens (including phenoxy) is 2. The third-order valence-corrected chi connectivity index (χ3v) is 5.71. The first-order chi connectivity index (χ1) is 15.2. The summed E-state index contributed by atoms with van der Waals surface area (Å²) in [5.41, 5.74) is 2.38. The van der Waals surface area contributed by atoms with E-state index >= 15 is 0 Å². The zero-order chi connectivity index (χ0) is 21.5. The van der Waals surface area contributed by atoms with Crippen molar-refractivity contribution >= 4 is 5.96 Å². The molecule has 2 aliphatic heterocycles. The molecule has 2 N–H and O–H groups in total. The average molecular weight is 427 g/mol. The molecule has 1 fully saturated rings. The van der Waals surface area contributed by atoms with Gasteiger partial charge >= 0.3 is 0 Å². The Balaban J connectivity index is 1.32. The van der Waals surface area contributed by atoms with Crippen molar-refractivity contribution in [1.82, 2.24) is 25.4 Å². The maximum atomic E-state index is 6.07. The highest BCUT2D eigenvalue weighted by Crippen LogP contribution is 2.15. The number of hydrogen-bond donors (Lipinski definition) is 2. The molecule has 31 heavy (non-hydrogen) atoms. The van der Waals surface area contributed by atoms with Crippen LogP contribution in [0.25, 0.3) is 0 Å². The number of nitrogens with one attached hydrogen (secondary N) is 2. The fraction of sp³-hybridized carbons (Fsp3) is 0.609. The van der Waals surface area contributed by atoms with Gasteiger partial charge < -0.3 is 20.1 Å². The van der Waals surface area contributed by atoms with E-state index in [1.165, 1.54) is 11.1 Å². The van der Waals surface area contributed by atoms with Crippen LogP contribution in [0, 0.1) is 6.92 Å². The molecule has 0 amide bonds. The lowest BCUT2D eigenvalue weighted by Gasteiger charge is -2.25. The van der Waals surface area contributed by atoms with Crippen molar-refractivity contribution in [3.63, 3.8) is 0 Å². The summed E-state index contributed by atoms with van der Waals surface area (Å²) in [6.07, 6.45) is 4.25. The van der Waals surface area contributed by atoms with Gasteiger partial charge in [0, 0.05) is 32.2 Å². The van der Waals surface area contributed by atoms with Crippen LogP contribution in [0.1, 0.15) is 49.0 Å². The van der Waals surface area contributed by atoms with Crippen LogP contribution in [-0.4, -0.2) is 52.6 Å². The van der Waals surface area contributed by atoms with Crippen molar-refractivity contribution in [1.29, 1.82) is 0 Å². The molecule has 168 valence electrons. The Morgan fingerprint density at radius 1 is 1.26 bits per heavy atom. The summed E-state index contributed by atoms with van der Waals surface area (Å²) in [7, 11) is 0. The summed E-state index contributed by atoms with van der Waals surface area (Å²) in [4.78, 5) is 9.31. The van der Waals surface area contributed by atoms with Gasteiger partial charge in [-0.3, -0.25) is 0 Å². The van der Waals surface area contributed by atoms with Crippen molar-refractivity contribution in [2.45, 2.75) is 71.4 Å². The van der Waals surface area contributed by atoms with Crippen LogP contribution >= 0.6 is 0 Å². The van der Waals surface area contributed by atoms with Gasteiger partial charge in [-0.2, -0.15) is 5.10 Å². The van der Waals surface area contributed by atoms with Crippen LogP contribution < -0.4 is 10.6 Å². The molecule has 1 atom stereocenters. The second-order valence-corrected chi connectivity index (χ2v) is 8.28. The molecule has 0 radical (unpaired) electrons. The molecule has 1 aromatic heterocycles. The van der Waals surface area contributed by atoms with Crippen LogP contribution in [0.4, 0.5) is 0 Å². The van der Waals surface area contributed by atoms with Crippen molar-refractivity contribution in [3.05, 3.63) is 47.0 Å². The summed E-state index contributed by atoms with van der Waals surface area (Å²) in [5, 5.41) is 11.4. The van der Waals surface area contributed by atoms with Crippen LogP contribution in [-0.2, 0) is 35.6 Å². The summed E-state index contributed by atoms with van der Waals surface area (Å²) < 4.78 is 13.5. The quantitative estimate of drug-likeness (QED) is 0.522. The summed E-state index contributed by atoms with van der Waals surface area (Å²) >= 11 is 0. The van der Waals surface area contributed by atoms with Gasteiger partial charge in [-0.15, -0.1) is 0 Å². The minimum absolute atomic E-state index is 0.297. The van der Waals surface area contributed by atoms with Gasteiger partial charge in [0.15, 0.2) is 5.96 Å². The number of fused-ring (bicyclic) bond motifs is 1. The van der Waals surface area contributed by atoms with Crippen molar-refractivity contribution < 1.29 is 9.47 Å². The first-order valence-electron chi connectivity index (χ1n) is 11.4. The summed E-state index contributed by atoms with van der Waals surface area (Å²) in [6, 6.07) is 8.82. The lowest BCUT2D eigenvalue weighted by atomic mass is 10.1. The molecule has 0 aliphatic carbocycles. The monoisotopic (exact) mass is 426 g/mol. The lowest BCUT2D eigenvalue weighted by Crippen LogP contribution is -2.47. The van der Waals surface area contributed by atoms with Crippen LogP contribution in [0.2, 0.25) is 0 Å². The third kappa shape index (κ3) is 6.27. The molecule has 3 heterocycles. The Bertz CT molecular complexity index is 875. The van der Waals surface area contributed by atoms with Gasteiger partial charge in [0.25, 0.3) is 0 Å². The van der Waals surface area contributed by atoms with Gasteiger partial charge in [-0.25, -0.2) is 14.7 Å². The van der Waals surface area contributed by atoms with E-state index in [0.29, 0.717) is 25.3 Å². The molecular formula is C23H34N6O2. The van der Waals surface area contributed by atoms with E-state index in [9.17, 15) is 0 Å². The number of hydrogen-bond acceptors (Lipinski definition) is 5. The van der Waals surface area contributed by atoms with Gasteiger partial charge in [-0.05, 0) is 44.2 Å². The topological polar surface area (TPSA) is 85.6 Å². The predicted octanol–water partition coefficient (Wildman–Crippen LogP) is 2.35. The SMILES string of the molecule is CCNC(=NCc1cccc(COC2CCOCC2)c1)NC1CCc2nc(C)nn2C1. The van der Waals surface area contributed by atoms with E-state index in [0.717, 1.165) is 69.6 Å². The van der Waals surface area contributed by atoms with E-state index in [1.807, 2.05) is 11.6 Å². The number of nitrogens with zero attached hydrogens (tertiary/aromatic N) is 4. The first-order valence-corrected chi connectivity index (χ1v) is 11.4. The third-order valence-electron chi connectivity index (χ3n) is 5.71. The predicted molar refractivity (Wildman–Crippen MR) is 120 cm³/mol. The maximum Gasteiger partial charge on any atom is 0.191 e. The number of aliphatic imine (C=N–C) groups is 1. The minimum Gasteiger partial charge on any atom is -0.381 e. The first kappa shape index (κ1) is 21.8. The van der Waals surface area contributed by atoms with Gasteiger partial charge in [0.2, 0.25) is 0 Å². The molecule has 1 aromatic carbocycles. The molecular weight excluding hydrogens is 392 g/mol. The molecule has 4 rings (SSSR count). The summed E-state index contributed by atoms with van der Waals surface area (Å²) in [5.74, 6) is 2.77. The normalized spacial score (nSPS) is 19.8. The number of rotatable bonds is 7. The van der Waals surface area contributed by atoms with E-state index in [4.69, 9.17) is 14.5 Å². The fourth-order valence-corrected chi connectivity index (χ4v) is 4.11. The molecule has 8 heteroatoms. The Labute approximate surface area is 184 Å². The molecule has 0 saturated carbocycles. The Morgan fingerprint density at radius 3 is 2.94 bits per heavy atom. The highest BCUT2D eigenvalue weighted by Gasteiger charge is 2.21. The molecule has 2 aliphatic rings. The molecule has 0 bridgehead atoms. The molecule has 2 aromatic rings. The number of aromatic nitrogens is 3. The van der Waals surface area contributed by atoms with E-state index in [2.05, 4.69) is 51.9 Å². The van der Waals surface area contributed by atoms with Crippen molar-refractivity contribution in [2.75, 3.05) is 19.8 Å². The minimum atomic E-state index is 0.297. The zero-order valence-electron chi connectivity index (χ0n) is 18.6. The lowest BCUT2D eigenvalue weighted by molar-refractivity contribution is -0.0390. The Morgan fingerprint density at radius 2 is 2.10 bits per heavy atom. The number of benzene rings is 1. The van der Waals surface area contributed by atoms with Crippen molar-refractivity contribution in [2.24, 2.45) is 4.99 Å². The van der Waals surface area contributed by atoms with E-state index in [1.54, 1.807) is 0 Å². The smallest absolute Gasteiger partial charge is 0.191 e. The fourth-order valence-electron chi connectivity index (χ4n) is 4.11. The maximum absolute atomic E-state index is 6.07. The highest BCUT2D eigenvalue weighted by molar-refractivity contribution is 5.80. The van der Waals surface area contributed by atoms with Gasteiger partial charge in [-0.1, -0.05) is 24.3 Å². The standard InChI is InChI=1S/C23H34N6O2/c1-3-24-23(27-20-7-8-22-26-17(2)28-29(22)15-20)25-14-18-5-4-6-19(13-18)16-31-21-9-11-30-12-10-21/h4-6,13,20-21H,3,7-12,14-16H2,1-2H3,(H2,24,25,27). The molecule has 1 saturated heterocycles. The second-order valence-electron chi connectivity index (χ2n) is 8.28. The van der Waals surface area contributed by atoms with Gasteiger partial charge in [0.05, 0.1) is 25.8 Å². The zero-order valence-corrected chi connectivity index (χ0v) is 18.6. The van der Waals surface area contributed by atoms with Crippen LogP contribution in [0.5, 0.6) is 0 Å². The average Bonchev–Trinajstić information content (AvgIpc) is 3.16. The second kappa shape index (κ2) is 10.7. The molecule has 8 nitrogen and oxygen atoms in total. The Hall–Kier alpha value is -2.45. The van der Waals surface area contributed by atoms with E-state index < -0.39 is 0 Å². The number of aryl methyl sites for hydroxylation is 2. The summed E-state index contributed by atoms with van der Waals surface area (Å²) in [6.45, 7) is 8.55. The van der Waals surface area contributed by atoms with Crippen LogP contribution in [0.15, 0.2) is 29.3 Å². The molecule has 1 unspecified atom stereocenters. The number of guanidine groups is 1.